The largest absolute Gasteiger partial charge is 0.495 e. The number of hydrogen-bond donors (Lipinski definition) is 2. The molecule has 0 saturated carbocycles. The molecule has 1 unspecified atom stereocenters. The average Bonchev–Trinajstić information content (AvgIpc) is 3.14. The highest BCUT2D eigenvalue weighted by Crippen LogP contribution is 2.28. The summed E-state index contributed by atoms with van der Waals surface area (Å²) in [5.41, 5.74) is 1.01. The van der Waals surface area contributed by atoms with E-state index in [-0.39, 0.29) is 17.7 Å². The van der Waals surface area contributed by atoms with Crippen LogP contribution in [-0.2, 0) is 4.74 Å². The molecule has 3 rings (SSSR count). The minimum Gasteiger partial charge on any atom is -0.495 e. The highest BCUT2D eigenvalue weighted by molar-refractivity contribution is 6.32. The standard InChI is InChI=1S/C17H19ClN4O3/c1-24-15-5-4-11(7-13(15)18)22-16-10-19-14(9-20-16)17(23)21-8-12-3-2-6-25-12/h4-5,7,9-10,12H,2-3,6,8H2,1H3,(H,20,22)(H,21,23). The van der Waals surface area contributed by atoms with Crippen LogP contribution in [0.3, 0.4) is 0 Å². The van der Waals surface area contributed by atoms with Crippen LogP contribution in [0, 0.1) is 0 Å². The van der Waals surface area contributed by atoms with Gasteiger partial charge in [-0.3, -0.25) is 4.79 Å². The van der Waals surface area contributed by atoms with Gasteiger partial charge in [-0.25, -0.2) is 9.97 Å². The Kier molecular flexibility index (Phi) is 5.67. The summed E-state index contributed by atoms with van der Waals surface area (Å²) in [7, 11) is 1.56. The number of carbonyl (C=O) groups excluding carboxylic acids is 1. The molecule has 25 heavy (non-hydrogen) atoms. The lowest BCUT2D eigenvalue weighted by Gasteiger charge is -2.11. The van der Waals surface area contributed by atoms with Crippen molar-refractivity contribution in [1.29, 1.82) is 0 Å². The summed E-state index contributed by atoms with van der Waals surface area (Å²) in [6.07, 6.45) is 5.03. The number of nitrogens with one attached hydrogen (secondary N) is 2. The van der Waals surface area contributed by atoms with Crippen molar-refractivity contribution >= 4 is 29.0 Å². The lowest BCUT2D eigenvalue weighted by atomic mass is 10.2. The number of hydrogen-bond acceptors (Lipinski definition) is 6. The quantitative estimate of drug-likeness (QED) is 0.821. The summed E-state index contributed by atoms with van der Waals surface area (Å²) in [5.74, 6) is 0.843. The van der Waals surface area contributed by atoms with E-state index in [0.29, 0.717) is 23.1 Å². The van der Waals surface area contributed by atoms with Crippen molar-refractivity contribution in [3.05, 3.63) is 41.3 Å². The molecule has 1 saturated heterocycles. The summed E-state index contributed by atoms with van der Waals surface area (Å²) >= 11 is 6.09. The van der Waals surface area contributed by atoms with Gasteiger partial charge >= 0.3 is 0 Å². The van der Waals surface area contributed by atoms with Gasteiger partial charge in [0.05, 0.1) is 30.6 Å². The third kappa shape index (κ3) is 4.58. The molecule has 1 fully saturated rings. The summed E-state index contributed by atoms with van der Waals surface area (Å²) in [4.78, 5) is 20.4. The van der Waals surface area contributed by atoms with Gasteiger partial charge in [0.15, 0.2) is 0 Å². The molecule has 1 aliphatic rings. The van der Waals surface area contributed by atoms with E-state index in [0.717, 1.165) is 25.1 Å². The molecule has 2 N–H and O–H groups in total. The molecule has 8 heteroatoms. The molecule has 1 aromatic carbocycles. The first-order valence-corrected chi connectivity index (χ1v) is 8.36. The lowest BCUT2D eigenvalue weighted by molar-refractivity contribution is 0.0853. The van der Waals surface area contributed by atoms with Gasteiger partial charge in [-0.05, 0) is 31.0 Å². The predicted octanol–water partition coefficient (Wildman–Crippen LogP) is 2.79. The van der Waals surface area contributed by atoms with Gasteiger partial charge in [0.2, 0.25) is 0 Å². The van der Waals surface area contributed by atoms with Crippen molar-refractivity contribution in [2.75, 3.05) is 25.6 Å². The maximum absolute atomic E-state index is 12.1. The molecule has 132 valence electrons. The molecule has 2 heterocycles. The average molecular weight is 363 g/mol. The van der Waals surface area contributed by atoms with Crippen LogP contribution in [0.5, 0.6) is 5.75 Å². The Morgan fingerprint density at radius 3 is 2.92 bits per heavy atom. The van der Waals surface area contributed by atoms with Crippen molar-refractivity contribution < 1.29 is 14.3 Å². The number of methoxy groups -OCH3 is 1. The Labute approximate surface area is 150 Å². The van der Waals surface area contributed by atoms with E-state index in [1.54, 1.807) is 19.2 Å². The van der Waals surface area contributed by atoms with Gasteiger partial charge in [0.25, 0.3) is 5.91 Å². The second kappa shape index (κ2) is 8.13. The van der Waals surface area contributed by atoms with E-state index in [9.17, 15) is 4.79 Å². The van der Waals surface area contributed by atoms with E-state index in [1.807, 2.05) is 6.07 Å². The van der Waals surface area contributed by atoms with Gasteiger partial charge in [-0.15, -0.1) is 0 Å². The second-order valence-electron chi connectivity index (χ2n) is 5.61. The van der Waals surface area contributed by atoms with Crippen LogP contribution in [0.1, 0.15) is 23.3 Å². The summed E-state index contributed by atoms with van der Waals surface area (Å²) < 4.78 is 10.6. The molecule has 0 radical (unpaired) electrons. The molecule has 1 aromatic heterocycles. The number of nitrogens with zero attached hydrogens (tertiary/aromatic N) is 2. The molecule has 2 aromatic rings. The van der Waals surface area contributed by atoms with Crippen LogP contribution >= 0.6 is 11.6 Å². The molecular weight excluding hydrogens is 344 g/mol. The van der Waals surface area contributed by atoms with Crippen molar-refractivity contribution in [2.24, 2.45) is 0 Å². The summed E-state index contributed by atoms with van der Waals surface area (Å²) in [5, 5.41) is 6.38. The minimum atomic E-state index is -0.262. The lowest BCUT2D eigenvalue weighted by Crippen LogP contribution is -2.32. The van der Waals surface area contributed by atoms with Crippen molar-refractivity contribution in [2.45, 2.75) is 18.9 Å². The third-order valence-corrected chi connectivity index (χ3v) is 4.12. The van der Waals surface area contributed by atoms with E-state index in [1.165, 1.54) is 12.4 Å². The smallest absolute Gasteiger partial charge is 0.271 e. The zero-order valence-electron chi connectivity index (χ0n) is 13.8. The molecule has 1 amide bonds. The first-order valence-electron chi connectivity index (χ1n) is 7.98. The van der Waals surface area contributed by atoms with Crippen molar-refractivity contribution in [3.8, 4) is 5.75 Å². The fourth-order valence-electron chi connectivity index (χ4n) is 2.50. The number of halogens is 1. The van der Waals surface area contributed by atoms with Crippen LogP contribution in [0.4, 0.5) is 11.5 Å². The van der Waals surface area contributed by atoms with E-state index in [2.05, 4.69) is 20.6 Å². The monoisotopic (exact) mass is 362 g/mol. The maximum Gasteiger partial charge on any atom is 0.271 e. The SMILES string of the molecule is COc1ccc(Nc2cnc(C(=O)NCC3CCCO3)cn2)cc1Cl. The molecule has 7 nitrogen and oxygen atoms in total. The Balaban J connectivity index is 1.57. The van der Waals surface area contributed by atoms with Crippen LogP contribution in [0.2, 0.25) is 5.02 Å². The molecule has 0 bridgehead atoms. The number of carbonyl (C=O) groups is 1. The number of ether oxygens (including phenoxy) is 2. The maximum atomic E-state index is 12.1. The first kappa shape index (κ1) is 17.4. The highest BCUT2D eigenvalue weighted by Gasteiger charge is 2.17. The second-order valence-corrected chi connectivity index (χ2v) is 6.01. The van der Waals surface area contributed by atoms with Gasteiger partial charge in [-0.2, -0.15) is 0 Å². The Hall–Kier alpha value is -2.38. The fraction of sp³-hybridized carbons (Fsp3) is 0.353. The zero-order valence-corrected chi connectivity index (χ0v) is 14.5. The van der Waals surface area contributed by atoms with Gasteiger partial charge in [0, 0.05) is 18.8 Å². The van der Waals surface area contributed by atoms with Gasteiger partial charge < -0.3 is 20.1 Å². The van der Waals surface area contributed by atoms with Crippen LogP contribution in [0.15, 0.2) is 30.6 Å². The van der Waals surface area contributed by atoms with E-state index in [4.69, 9.17) is 21.1 Å². The topological polar surface area (TPSA) is 85.4 Å². The number of amides is 1. The van der Waals surface area contributed by atoms with Crippen molar-refractivity contribution in [3.63, 3.8) is 0 Å². The first-order chi connectivity index (χ1) is 12.2. The molecular formula is C17H19ClN4O3. The Morgan fingerprint density at radius 2 is 2.28 bits per heavy atom. The molecule has 0 spiro atoms. The molecule has 0 aliphatic carbocycles. The highest BCUT2D eigenvalue weighted by atomic mass is 35.5. The van der Waals surface area contributed by atoms with Crippen LogP contribution in [-0.4, -0.2) is 42.2 Å². The fourth-order valence-corrected chi connectivity index (χ4v) is 2.76. The van der Waals surface area contributed by atoms with Crippen molar-refractivity contribution in [1.82, 2.24) is 15.3 Å². The predicted molar refractivity (Wildman–Crippen MR) is 94.6 cm³/mol. The zero-order chi connectivity index (χ0) is 17.6. The summed E-state index contributed by atoms with van der Waals surface area (Å²) in [6.45, 7) is 1.25. The molecule has 1 aliphatic heterocycles. The summed E-state index contributed by atoms with van der Waals surface area (Å²) in [6, 6.07) is 5.30. The van der Waals surface area contributed by atoms with Gasteiger partial charge in [0.1, 0.15) is 17.3 Å². The van der Waals surface area contributed by atoms with E-state index < -0.39 is 0 Å². The van der Waals surface area contributed by atoms with Crippen LogP contribution < -0.4 is 15.4 Å². The normalized spacial score (nSPS) is 16.5. The number of aromatic nitrogens is 2. The number of anilines is 2. The van der Waals surface area contributed by atoms with Crippen LogP contribution in [0.25, 0.3) is 0 Å². The minimum absolute atomic E-state index is 0.0951. The van der Waals surface area contributed by atoms with E-state index >= 15 is 0 Å². The number of rotatable bonds is 6. The third-order valence-electron chi connectivity index (χ3n) is 3.82. The Morgan fingerprint density at radius 1 is 1.40 bits per heavy atom. The molecule has 1 atom stereocenters. The number of benzene rings is 1. The Bertz CT molecular complexity index is 733. The van der Waals surface area contributed by atoms with Gasteiger partial charge in [-0.1, -0.05) is 11.6 Å².